The number of furan rings is 1. The molecule has 4 heterocycles. The Labute approximate surface area is 151 Å². The highest BCUT2D eigenvalue weighted by Gasteiger charge is 2.27. The van der Waals surface area contributed by atoms with E-state index >= 15 is 0 Å². The highest BCUT2D eigenvalue weighted by molar-refractivity contribution is 9.10. The third kappa shape index (κ3) is 2.80. The van der Waals surface area contributed by atoms with Crippen LogP contribution in [0.2, 0.25) is 0 Å². The van der Waals surface area contributed by atoms with Gasteiger partial charge in [-0.2, -0.15) is 0 Å². The van der Waals surface area contributed by atoms with Crippen molar-refractivity contribution in [2.45, 2.75) is 6.92 Å². The largest absolute Gasteiger partial charge is 0.444 e. The van der Waals surface area contributed by atoms with Crippen LogP contribution in [0.1, 0.15) is 16.1 Å². The number of aryl methyl sites for hydroxylation is 1. The minimum Gasteiger partial charge on any atom is -0.444 e. The van der Waals surface area contributed by atoms with E-state index in [1.165, 1.54) is 0 Å². The Morgan fingerprint density at radius 2 is 2.12 bits per heavy atom. The molecule has 8 heteroatoms. The minimum atomic E-state index is -0.0520. The van der Waals surface area contributed by atoms with Gasteiger partial charge in [0.05, 0.1) is 0 Å². The van der Waals surface area contributed by atoms with E-state index in [9.17, 15) is 4.79 Å². The zero-order chi connectivity index (χ0) is 16.7. The maximum atomic E-state index is 12.6. The summed E-state index contributed by atoms with van der Waals surface area (Å²) in [6.45, 7) is 4.70. The molecule has 4 rings (SSSR count). The van der Waals surface area contributed by atoms with Crippen LogP contribution in [0.4, 0.5) is 5.13 Å². The van der Waals surface area contributed by atoms with E-state index in [-0.39, 0.29) is 5.91 Å². The molecule has 6 nitrogen and oxygen atoms in total. The highest BCUT2D eigenvalue weighted by atomic mass is 79.9. The van der Waals surface area contributed by atoms with Crippen LogP contribution >= 0.6 is 27.3 Å². The number of rotatable bonds is 2. The number of carbonyl (C=O) groups excluding carboxylic acids is 1. The first-order valence-electron chi connectivity index (χ1n) is 7.63. The van der Waals surface area contributed by atoms with Gasteiger partial charge in [-0.1, -0.05) is 11.3 Å². The van der Waals surface area contributed by atoms with Crippen LogP contribution < -0.4 is 4.90 Å². The molecule has 0 N–H and O–H groups in total. The number of nitrogens with zero attached hydrogens (tertiary/aromatic N) is 4. The summed E-state index contributed by atoms with van der Waals surface area (Å²) in [6.07, 6.45) is 1.78. The number of amides is 1. The molecule has 1 amide bonds. The Morgan fingerprint density at radius 1 is 1.33 bits per heavy atom. The van der Waals surface area contributed by atoms with Crippen LogP contribution in [0.15, 0.2) is 33.5 Å². The van der Waals surface area contributed by atoms with Crippen molar-refractivity contribution in [1.82, 2.24) is 14.9 Å². The van der Waals surface area contributed by atoms with Gasteiger partial charge in [0.2, 0.25) is 0 Å². The number of halogens is 1. The molecule has 0 radical (unpaired) electrons. The summed E-state index contributed by atoms with van der Waals surface area (Å²) in [5.74, 6) is 0.364. The molecule has 0 atom stereocenters. The molecule has 3 aromatic rings. The summed E-state index contributed by atoms with van der Waals surface area (Å²) in [4.78, 5) is 26.6. The molecule has 1 fully saturated rings. The predicted octanol–water partition coefficient (Wildman–Crippen LogP) is 3.32. The lowest BCUT2D eigenvalue weighted by Crippen LogP contribution is -2.48. The fraction of sp³-hybridized carbons (Fsp3) is 0.312. The van der Waals surface area contributed by atoms with E-state index in [4.69, 9.17) is 4.42 Å². The lowest BCUT2D eigenvalue weighted by atomic mass is 10.2. The number of fused-ring (bicyclic) bond motifs is 1. The van der Waals surface area contributed by atoms with Crippen molar-refractivity contribution in [3.63, 3.8) is 0 Å². The summed E-state index contributed by atoms with van der Waals surface area (Å²) >= 11 is 4.86. The van der Waals surface area contributed by atoms with Crippen LogP contribution in [0.25, 0.3) is 10.3 Å². The second kappa shape index (κ2) is 6.18. The van der Waals surface area contributed by atoms with Gasteiger partial charge in [0.1, 0.15) is 10.3 Å². The van der Waals surface area contributed by atoms with Gasteiger partial charge in [0, 0.05) is 37.9 Å². The average molecular weight is 407 g/mol. The monoisotopic (exact) mass is 406 g/mol. The number of hydrogen-bond donors (Lipinski definition) is 0. The molecule has 1 aliphatic rings. The first kappa shape index (κ1) is 15.6. The summed E-state index contributed by atoms with van der Waals surface area (Å²) in [5.41, 5.74) is 1.78. The van der Waals surface area contributed by atoms with Crippen molar-refractivity contribution in [3.05, 3.63) is 40.4 Å². The summed E-state index contributed by atoms with van der Waals surface area (Å²) < 4.78 is 6.06. The molecule has 0 spiro atoms. The second-order valence-corrected chi connectivity index (χ2v) is 7.40. The molecular weight excluding hydrogens is 392 g/mol. The quantitative estimate of drug-likeness (QED) is 0.652. The lowest BCUT2D eigenvalue weighted by molar-refractivity contribution is 0.0712. The van der Waals surface area contributed by atoms with Crippen molar-refractivity contribution >= 4 is 48.7 Å². The Kier molecular flexibility index (Phi) is 4.01. The first-order valence-corrected chi connectivity index (χ1v) is 9.24. The molecule has 124 valence electrons. The van der Waals surface area contributed by atoms with Gasteiger partial charge in [0.25, 0.3) is 5.91 Å². The fourth-order valence-electron chi connectivity index (χ4n) is 2.79. The second-order valence-electron chi connectivity index (χ2n) is 5.67. The summed E-state index contributed by atoms with van der Waals surface area (Å²) in [5, 5.41) is 0.965. The van der Waals surface area contributed by atoms with E-state index in [0.29, 0.717) is 23.5 Å². The molecule has 0 bridgehead atoms. The van der Waals surface area contributed by atoms with Gasteiger partial charge < -0.3 is 14.2 Å². The molecule has 24 heavy (non-hydrogen) atoms. The zero-order valence-corrected chi connectivity index (χ0v) is 15.4. The topological polar surface area (TPSA) is 62.5 Å². The number of piperazine rings is 1. The van der Waals surface area contributed by atoms with Gasteiger partial charge in [-0.3, -0.25) is 4.79 Å². The van der Waals surface area contributed by atoms with Gasteiger partial charge in [0.15, 0.2) is 15.6 Å². The molecule has 1 saturated heterocycles. The summed E-state index contributed by atoms with van der Waals surface area (Å²) in [6, 6.07) is 5.68. The van der Waals surface area contributed by atoms with Gasteiger partial charge in [-0.15, -0.1) is 0 Å². The molecular formula is C16H15BrN4O2S. The van der Waals surface area contributed by atoms with Crippen LogP contribution in [-0.4, -0.2) is 47.0 Å². The predicted molar refractivity (Wildman–Crippen MR) is 96.7 cm³/mol. The molecule has 0 aromatic carbocycles. The standard InChI is InChI=1S/C16H15BrN4O2S/c1-10-9-12(17)23-13(10)15(22)20-5-7-21(8-6-20)16-19-11-3-2-4-18-14(11)24-16/h2-4,9H,5-8H2,1H3. The molecule has 0 aliphatic carbocycles. The van der Waals surface area contributed by atoms with Gasteiger partial charge >= 0.3 is 0 Å². The minimum absolute atomic E-state index is 0.0520. The molecule has 0 saturated carbocycles. The highest BCUT2D eigenvalue weighted by Crippen LogP contribution is 2.28. The number of thiazole rings is 1. The first-order chi connectivity index (χ1) is 11.6. The third-order valence-electron chi connectivity index (χ3n) is 4.07. The third-order valence-corrected chi connectivity index (χ3v) is 5.51. The zero-order valence-electron chi connectivity index (χ0n) is 13.0. The van der Waals surface area contributed by atoms with Crippen LogP contribution in [0.5, 0.6) is 0 Å². The molecule has 1 aliphatic heterocycles. The van der Waals surface area contributed by atoms with E-state index in [1.54, 1.807) is 17.5 Å². The van der Waals surface area contributed by atoms with E-state index in [0.717, 1.165) is 34.1 Å². The van der Waals surface area contributed by atoms with Crippen molar-refractivity contribution < 1.29 is 9.21 Å². The van der Waals surface area contributed by atoms with Crippen molar-refractivity contribution in [1.29, 1.82) is 0 Å². The Bertz CT molecular complexity index is 866. The van der Waals surface area contributed by atoms with Crippen molar-refractivity contribution in [2.24, 2.45) is 0 Å². The maximum absolute atomic E-state index is 12.6. The number of carbonyl (C=O) groups is 1. The smallest absolute Gasteiger partial charge is 0.290 e. The Hall–Kier alpha value is -1.93. The number of anilines is 1. The van der Waals surface area contributed by atoms with Gasteiger partial charge in [-0.25, -0.2) is 9.97 Å². The lowest BCUT2D eigenvalue weighted by Gasteiger charge is -2.34. The van der Waals surface area contributed by atoms with Crippen LogP contribution in [0.3, 0.4) is 0 Å². The van der Waals surface area contributed by atoms with Gasteiger partial charge in [-0.05, 0) is 41.1 Å². The number of aromatic nitrogens is 2. The average Bonchev–Trinajstić information content (AvgIpc) is 3.17. The molecule has 3 aromatic heterocycles. The fourth-order valence-corrected chi connectivity index (χ4v) is 4.26. The normalized spacial score (nSPS) is 15.2. The van der Waals surface area contributed by atoms with E-state index < -0.39 is 0 Å². The van der Waals surface area contributed by atoms with Crippen molar-refractivity contribution in [3.8, 4) is 0 Å². The van der Waals surface area contributed by atoms with Crippen LogP contribution in [0, 0.1) is 6.92 Å². The van der Waals surface area contributed by atoms with Crippen LogP contribution in [-0.2, 0) is 0 Å². The Morgan fingerprint density at radius 3 is 2.79 bits per heavy atom. The molecule has 0 unspecified atom stereocenters. The number of pyridine rings is 1. The summed E-state index contributed by atoms with van der Waals surface area (Å²) in [7, 11) is 0. The maximum Gasteiger partial charge on any atom is 0.290 e. The number of hydrogen-bond acceptors (Lipinski definition) is 6. The SMILES string of the molecule is Cc1cc(Br)oc1C(=O)N1CCN(c2nc3cccnc3s2)CC1. The van der Waals surface area contributed by atoms with E-state index in [2.05, 4.69) is 30.8 Å². The Balaban J connectivity index is 1.46. The van der Waals surface area contributed by atoms with Crippen molar-refractivity contribution in [2.75, 3.05) is 31.1 Å². The van der Waals surface area contributed by atoms with E-state index in [1.807, 2.05) is 30.0 Å².